The highest BCUT2D eigenvalue weighted by atomic mass is 16.5. The molecule has 1 aromatic carbocycles. The van der Waals surface area contributed by atoms with Crippen LogP contribution in [0.5, 0.6) is 5.75 Å². The minimum Gasteiger partial charge on any atom is -0.493 e. The standard InChI is InChI=1S/C19H31NO/c1-4-12-20-16(3)18-10-11-19(15(2)13-18)21-14-17-8-6-5-7-9-17/h10-11,13,16-17,20H,4-9,12,14H2,1-3H3. The summed E-state index contributed by atoms with van der Waals surface area (Å²) in [7, 11) is 0. The summed E-state index contributed by atoms with van der Waals surface area (Å²) in [5, 5.41) is 3.54. The Kier molecular flexibility index (Phi) is 6.56. The predicted octanol–water partition coefficient (Wildman–Crippen LogP) is 5.01. The average molecular weight is 289 g/mol. The van der Waals surface area contributed by atoms with Crippen molar-refractivity contribution in [2.75, 3.05) is 13.2 Å². The van der Waals surface area contributed by atoms with Gasteiger partial charge in [-0.3, -0.25) is 0 Å². The van der Waals surface area contributed by atoms with E-state index in [9.17, 15) is 0 Å². The van der Waals surface area contributed by atoms with E-state index in [1.165, 1.54) is 49.7 Å². The van der Waals surface area contributed by atoms with Gasteiger partial charge in [-0.15, -0.1) is 0 Å². The Balaban J connectivity index is 1.89. The Morgan fingerprint density at radius 1 is 1.24 bits per heavy atom. The van der Waals surface area contributed by atoms with E-state index < -0.39 is 0 Å². The first-order valence-electron chi connectivity index (χ1n) is 8.67. The molecule has 0 amide bonds. The first-order valence-corrected chi connectivity index (χ1v) is 8.67. The van der Waals surface area contributed by atoms with Crippen LogP contribution < -0.4 is 10.1 Å². The lowest BCUT2D eigenvalue weighted by molar-refractivity contribution is 0.208. The molecule has 1 saturated carbocycles. The van der Waals surface area contributed by atoms with Gasteiger partial charge in [0.2, 0.25) is 0 Å². The maximum Gasteiger partial charge on any atom is 0.122 e. The normalized spacial score (nSPS) is 17.7. The van der Waals surface area contributed by atoms with Crippen molar-refractivity contribution in [3.63, 3.8) is 0 Å². The van der Waals surface area contributed by atoms with Gasteiger partial charge >= 0.3 is 0 Å². The van der Waals surface area contributed by atoms with Gasteiger partial charge in [-0.25, -0.2) is 0 Å². The van der Waals surface area contributed by atoms with Gasteiger partial charge in [-0.05, 0) is 62.8 Å². The molecule has 0 spiro atoms. The van der Waals surface area contributed by atoms with Crippen molar-refractivity contribution < 1.29 is 4.74 Å². The zero-order valence-electron chi connectivity index (χ0n) is 14.0. The van der Waals surface area contributed by atoms with Gasteiger partial charge in [-0.2, -0.15) is 0 Å². The number of aryl methyl sites for hydroxylation is 1. The van der Waals surface area contributed by atoms with Crippen molar-refractivity contribution in [3.8, 4) is 5.75 Å². The third-order valence-corrected chi connectivity index (χ3v) is 4.60. The first-order chi connectivity index (χ1) is 10.2. The van der Waals surface area contributed by atoms with Crippen LogP contribution in [-0.2, 0) is 0 Å². The van der Waals surface area contributed by atoms with Crippen LogP contribution in [0.1, 0.15) is 69.5 Å². The zero-order valence-corrected chi connectivity index (χ0v) is 14.0. The third-order valence-electron chi connectivity index (χ3n) is 4.60. The van der Waals surface area contributed by atoms with Crippen molar-refractivity contribution in [1.82, 2.24) is 5.32 Å². The molecule has 118 valence electrons. The summed E-state index contributed by atoms with van der Waals surface area (Å²) < 4.78 is 6.07. The number of rotatable bonds is 7. The molecule has 0 heterocycles. The minimum absolute atomic E-state index is 0.413. The Bertz CT molecular complexity index is 424. The summed E-state index contributed by atoms with van der Waals surface area (Å²) in [5.41, 5.74) is 2.61. The molecule has 2 heteroatoms. The molecule has 21 heavy (non-hydrogen) atoms. The van der Waals surface area contributed by atoms with E-state index in [4.69, 9.17) is 4.74 Å². The second-order valence-corrected chi connectivity index (χ2v) is 6.52. The van der Waals surface area contributed by atoms with Crippen molar-refractivity contribution in [1.29, 1.82) is 0 Å². The Labute approximate surface area is 130 Å². The van der Waals surface area contributed by atoms with Gasteiger partial charge in [0.15, 0.2) is 0 Å². The highest BCUT2D eigenvalue weighted by Gasteiger charge is 2.14. The molecule has 1 fully saturated rings. The Hall–Kier alpha value is -1.02. The number of hydrogen-bond acceptors (Lipinski definition) is 2. The molecule has 0 aliphatic heterocycles. The number of benzene rings is 1. The first kappa shape index (κ1) is 16.4. The number of nitrogens with one attached hydrogen (secondary N) is 1. The molecule has 2 rings (SSSR count). The van der Waals surface area contributed by atoms with Crippen LogP contribution in [0.15, 0.2) is 18.2 Å². The summed E-state index contributed by atoms with van der Waals surface area (Å²) in [6, 6.07) is 7.04. The van der Waals surface area contributed by atoms with Crippen molar-refractivity contribution in [2.24, 2.45) is 5.92 Å². The smallest absolute Gasteiger partial charge is 0.122 e. The maximum atomic E-state index is 6.07. The molecule has 1 aliphatic carbocycles. The van der Waals surface area contributed by atoms with E-state index in [0.717, 1.165) is 24.8 Å². The van der Waals surface area contributed by atoms with Crippen molar-refractivity contribution >= 4 is 0 Å². The maximum absolute atomic E-state index is 6.07. The SMILES string of the molecule is CCCNC(C)c1ccc(OCC2CCCCC2)c(C)c1. The molecule has 0 radical (unpaired) electrons. The number of hydrogen-bond donors (Lipinski definition) is 1. The fourth-order valence-electron chi connectivity index (χ4n) is 3.14. The predicted molar refractivity (Wildman–Crippen MR) is 90.0 cm³/mol. The van der Waals surface area contributed by atoms with E-state index in [-0.39, 0.29) is 0 Å². The van der Waals surface area contributed by atoms with E-state index in [0.29, 0.717) is 6.04 Å². The summed E-state index contributed by atoms with van der Waals surface area (Å²) in [4.78, 5) is 0. The van der Waals surface area contributed by atoms with E-state index >= 15 is 0 Å². The second kappa shape index (κ2) is 8.43. The van der Waals surface area contributed by atoms with Crippen LogP contribution in [0, 0.1) is 12.8 Å². The van der Waals surface area contributed by atoms with Crippen molar-refractivity contribution in [2.45, 2.75) is 65.3 Å². The molecule has 1 unspecified atom stereocenters. The lowest BCUT2D eigenvalue weighted by Gasteiger charge is -2.22. The molecule has 2 nitrogen and oxygen atoms in total. The van der Waals surface area contributed by atoms with Crippen LogP contribution in [0.25, 0.3) is 0 Å². The molecule has 0 aromatic heterocycles. The summed E-state index contributed by atoms with van der Waals surface area (Å²) in [5.74, 6) is 1.83. The third kappa shape index (κ3) is 5.03. The Morgan fingerprint density at radius 3 is 2.67 bits per heavy atom. The highest BCUT2D eigenvalue weighted by Crippen LogP contribution is 2.27. The Morgan fingerprint density at radius 2 is 2.00 bits per heavy atom. The monoisotopic (exact) mass is 289 g/mol. The van der Waals surface area contributed by atoms with E-state index in [1.807, 2.05) is 0 Å². The van der Waals surface area contributed by atoms with Gasteiger partial charge in [0.25, 0.3) is 0 Å². The van der Waals surface area contributed by atoms with Crippen molar-refractivity contribution in [3.05, 3.63) is 29.3 Å². The largest absolute Gasteiger partial charge is 0.493 e. The molecule has 1 N–H and O–H groups in total. The van der Waals surface area contributed by atoms with Crippen LogP contribution in [0.2, 0.25) is 0 Å². The zero-order chi connectivity index (χ0) is 15.1. The summed E-state index contributed by atoms with van der Waals surface area (Å²) in [6.45, 7) is 8.55. The molecule has 1 atom stereocenters. The topological polar surface area (TPSA) is 21.3 Å². The molecular weight excluding hydrogens is 258 g/mol. The van der Waals surface area contributed by atoms with Crippen LogP contribution >= 0.6 is 0 Å². The lowest BCUT2D eigenvalue weighted by Crippen LogP contribution is -2.19. The van der Waals surface area contributed by atoms with Gasteiger partial charge < -0.3 is 10.1 Å². The number of ether oxygens (including phenoxy) is 1. The van der Waals surface area contributed by atoms with Crippen LogP contribution in [-0.4, -0.2) is 13.2 Å². The fourth-order valence-corrected chi connectivity index (χ4v) is 3.14. The lowest BCUT2D eigenvalue weighted by atomic mass is 9.90. The summed E-state index contributed by atoms with van der Waals surface area (Å²) >= 11 is 0. The van der Waals surface area contributed by atoms with E-state index in [1.54, 1.807) is 0 Å². The highest BCUT2D eigenvalue weighted by molar-refractivity contribution is 5.37. The van der Waals surface area contributed by atoms with Gasteiger partial charge in [0.1, 0.15) is 5.75 Å². The molecule has 1 aliphatic rings. The molecular formula is C19H31NO. The minimum atomic E-state index is 0.413. The second-order valence-electron chi connectivity index (χ2n) is 6.52. The molecule has 1 aromatic rings. The average Bonchev–Trinajstić information content (AvgIpc) is 2.52. The molecule has 0 bridgehead atoms. The van der Waals surface area contributed by atoms with Gasteiger partial charge in [0, 0.05) is 6.04 Å². The molecule has 0 saturated heterocycles. The van der Waals surface area contributed by atoms with Gasteiger partial charge in [-0.1, -0.05) is 38.3 Å². The fraction of sp³-hybridized carbons (Fsp3) is 0.684. The van der Waals surface area contributed by atoms with Gasteiger partial charge in [0.05, 0.1) is 6.61 Å². The summed E-state index contributed by atoms with van der Waals surface area (Å²) in [6.07, 6.45) is 8.03. The van der Waals surface area contributed by atoms with Crippen LogP contribution in [0.3, 0.4) is 0 Å². The van der Waals surface area contributed by atoms with E-state index in [2.05, 4.69) is 44.3 Å². The quantitative estimate of drug-likeness (QED) is 0.761. The van der Waals surface area contributed by atoms with Crippen LogP contribution in [0.4, 0.5) is 0 Å².